The Hall–Kier alpha value is -5.82. The second-order valence-electron chi connectivity index (χ2n) is 15.2. The molecule has 62 heavy (non-hydrogen) atoms. The van der Waals surface area contributed by atoms with Crippen molar-refractivity contribution in [1.29, 1.82) is 0 Å². The SMILES string of the molecule is CNC(=O)COc1cc2cc(Nc3nc(N4CCC(OCCOCCCOCCCOc5ccc6c(c5)CN(C5CCC(=O)NC5=O)C6=O)CC4)ncc3Cl)ccc2n(C)c1=O. The van der Waals surface area contributed by atoms with Crippen molar-refractivity contribution in [1.82, 2.24) is 30.1 Å². The average molecular weight is 875 g/mol. The highest BCUT2D eigenvalue weighted by Crippen LogP contribution is 2.31. The van der Waals surface area contributed by atoms with Gasteiger partial charge in [-0.3, -0.25) is 29.3 Å². The zero-order valence-corrected chi connectivity index (χ0v) is 35.5. The molecule has 2 aromatic carbocycles. The van der Waals surface area contributed by atoms with Crippen molar-refractivity contribution in [2.75, 3.05) is 76.6 Å². The maximum absolute atomic E-state index is 12.9. The number of hydrogen-bond donors (Lipinski definition) is 3. The number of rotatable bonds is 20. The predicted octanol–water partition coefficient (Wildman–Crippen LogP) is 3.49. The smallest absolute Gasteiger partial charge is 0.293 e. The Balaban J connectivity index is 0.745. The molecule has 4 amide bonds. The first-order chi connectivity index (χ1) is 30.1. The number of likely N-dealkylation sites (N-methyl/N-ethyl adjacent to an activating group) is 1. The summed E-state index contributed by atoms with van der Waals surface area (Å²) in [5, 5.41) is 9.15. The molecule has 0 spiro atoms. The van der Waals surface area contributed by atoms with E-state index in [-0.39, 0.29) is 48.2 Å². The molecular weight excluding hydrogens is 824 g/mol. The largest absolute Gasteiger partial charge is 0.493 e. The van der Waals surface area contributed by atoms with Gasteiger partial charge in [-0.15, -0.1) is 0 Å². The van der Waals surface area contributed by atoms with Gasteiger partial charge in [-0.25, -0.2) is 4.98 Å². The van der Waals surface area contributed by atoms with Crippen molar-refractivity contribution in [3.8, 4) is 11.5 Å². The fourth-order valence-corrected chi connectivity index (χ4v) is 7.68. The molecule has 1 unspecified atom stereocenters. The number of pyridine rings is 1. The van der Waals surface area contributed by atoms with E-state index < -0.39 is 11.9 Å². The summed E-state index contributed by atoms with van der Waals surface area (Å²) < 4.78 is 30.4. The van der Waals surface area contributed by atoms with Crippen LogP contribution in [-0.4, -0.2) is 122 Å². The second kappa shape index (κ2) is 20.8. The first-order valence-corrected chi connectivity index (χ1v) is 21.1. The zero-order valence-electron chi connectivity index (χ0n) is 34.8. The van der Waals surface area contributed by atoms with E-state index in [9.17, 15) is 24.0 Å². The molecule has 5 heterocycles. The fraction of sp³-hybridized carbons (Fsp3) is 0.465. The first-order valence-electron chi connectivity index (χ1n) is 20.8. The number of piperidine rings is 2. The van der Waals surface area contributed by atoms with Crippen LogP contribution in [-0.2, 0) is 42.2 Å². The topological polar surface area (TPSA) is 205 Å². The van der Waals surface area contributed by atoms with E-state index in [1.54, 1.807) is 31.4 Å². The first kappa shape index (κ1) is 44.2. The Kier molecular flexibility index (Phi) is 14.9. The van der Waals surface area contributed by atoms with Crippen LogP contribution in [0, 0.1) is 0 Å². The minimum atomic E-state index is -0.642. The normalized spacial score (nSPS) is 16.7. The van der Waals surface area contributed by atoms with Gasteiger partial charge in [-0.1, -0.05) is 11.6 Å². The quantitative estimate of drug-likeness (QED) is 0.0860. The molecule has 3 aliphatic heterocycles. The molecule has 0 aliphatic carbocycles. The van der Waals surface area contributed by atoms with E-state index in [2.05, 4.69) is 25.8 Å². The molecule has 3 aliphatic rings. The number of aromatic nitrogens is 3. The van der Waals surface area contributed by atoms with Crippen LogP contribution in [0.5, 0.6) is 11.5 Å². The lowest BCUT2D eigenvalue weighted by atomic mass is 10.0. The monoisotopic (exact) mass is 874 g/mol. The molecule has 0 saturated carbocycles. The van der Waals surface area contributed by atoms with Gasteiger partial charge in [-0.05, 0) is 73.7 Å². The van der Waals surface area contributed by atoms with Crippen LogP contribution < -0.4 is 35.9 Å². The van der Waals surface area contributed by atoms with Gasteiger partial charge >= 0.3 is 0 Å². The molecule has 2 fully saturated rings. The molecule has 1 atom stereocenters. The van der Waals surface area contributed by atoms with Crippen molar-refractivity contribution in [2.24, 2.45) is 7.05 Å². The molecule has 2 aromatic heterocycles. The number of hydrogen-bond acceptors (Lipinski definition) is 14. The second-order valence-corrected chi connectivity index (χ2v) is 15.6. The van der Waals surface area contributed by atoms with Crippen LogP contribution in [0.1, 0.15) is 54.4 Å². The Labute approximate surface area is 363 Å². The number of fused-ring (bicyclic) bond motifs is 2. The number of amides is 4. The average Bonchev–Trinajstić information content (AvgIpc) is 3.60. The van der Waals surface area contributed by atoms with Gasteiger partial charge in [0.05, 0.1) is 37.6 Å². The summed E-state index contributed by atoms with van der Waals surface area (Å²) in [4.78, 5) is 74.0. The standard InChI is InChI=1S/C43H51ClN8O10/c1-45-38(54)26-62-36-23-27-21-29(5-8-34(27)50(2)42(36)57)47-39-33(44)24-46-43(49-39)51-13-11-30(12-14-51)61-20-19-59-16-3-15-58-17-4-18-60-31-6-7-32-28(22-31)25-52(41(32)56)35-9-10-37(53)48-40(35)55/h5-8,21-24,30,35H,3-4,9-20,25-26H2,1-2H3,(H,45,54)(H,46,47,49)(H,48,53,55). The number of halogens is 1. The number of carbonyl (C=O) groups is 4. The Bertz CT molecular complexity index is 2340. The fourth-order valence-electron chi connectivity index (χ4n) is 7.54. The van der Waals surface area contributed by atoms with E-state index in [1.807, 2.05) is 24.3 Å². The van der Waals surface area contributed by atoms with Crippen LogP contribution >= 0.6 is 11.6 Å². The lowest BCUT2D eigenvalue weighted by Gasteiger charge is -2.32. The number of anilines is 3. The van der Waals surface area contributed by atoms with Crippen LogP contribution in [0.3, 0.4) is 0 Å². The number of ether oxygens (including phenoxy) is 5. The maximum Gasteiger partial charge on any atom is 0.293 e. The predicted molar refractivity (Wildman–Crippen MR) is 229 cm³/mol. The van der Waals surface area contributed by atoms with Crippen molar-refractivity contribution >= 4 is 63.6 Å². The molecule has 18 nitrogen and oxygen atoms in total. The molecule has 330 valence electrons. The molecular formula is C43H51ClN8O10. The number of imide groups is 1. The summed E-state index contributed by atoms with van der Waals surface area (Å²) >= 11 is 6.51. The van der Waals surface area contributed by atoms with E-state index in [0.717, 1.165) is 43.3 Å². The number of aryl methyl sites for hydroxylation is 1. The van der Waals surface area contributed by atoms with Crippen LogP contribution in [0.25, 0.3) is 10.9 Å². The van der Waals surface area contributed by atoms with Gasteiger partial charge in [0, 0.05) is 83.0 Å². The molecule has 7 rings (SSSR count). The highest BCUT2D eigenvalue weighted by Gasteiger charge is 2.39. The molecule has 0 radical (unpaired) electrons. The number of benzene rings is 2. The van der Waals surface area contributed by atoms with Gasteiger partial charge in [0.2, 0.25) is 17.8 Å². The summed E-state index contributed by atoms with van der Waals surface area (Å²) in [5.41, 5.74) is 2.40. The molecule has 4 aromatic rings. The lowest BCUT2D eigenvalue weighted by molar-refractivity contribution is -0.137. The minimum absolute atomic E-state index is 0.0703. The van der Waals surface area contributed by atoms with Crippen molar-refractivity contribution < 1.29 is 42.9 Å². The Morgan fingerprint density at radius 2 is 1.69 bits per heavy atom. The van der Waals surface area contributed by atoms with Crippen molar-refractivity contribution in [2.45, 2.75) is 57.2 Å². The number of carbonyl (C=O) groups excluding carboxylic acids is 4. The van der Waals surface area contributed by atoms with E-state index in [4.69, 9.17) is 40.3 Å². The molecule has 2 saturated heterocycles. The van der Waals surface area contributed by atoms with Crippen molar-refractivity contribution in [3.63, 3.8) is 0 Å². The summed E-state index contributed by atoms with van der Waals surface area (Å²) in [7, 11) is 3.15. The number of nitrogens with zero attached hydrogens (tertiary/aromatic N) is 5. The van der Waals surface area contributed by atoms with E-state index >= 15 is 0 Å². The molecule has 0 bridgehead atoms. The third kappa shape index (κ3) is 11.0. The number of nitrogens with one attached hydrogen (secondary N) is 3. The van der Waals surface area contributed by atoms with Crippen LogP contribution in [0.15, 0.2) is 53.5 Å². The highest BCUT2D eigenvalue weighted by molar-refractivity contribution is 6.33. The zero-order chi connectivity index (χ0) is 43.6. The van der Waals surface area contributed by atoms with Gasteiger partial charge in [-0.2, -0.15) is 4.98 Å². The third-order valence-electron chi connectivity index (χ3n) is 10.9. The third-order valence-corrected chi connectivity index (χ3v) is 11.2. The van der Waals surface area contributed by atoms with Gasteiger partial charge in [0.15, 0.2) is 18.2 Å². The highest BCUT2D eigenvalue weighted by atomic mass is 35.5. The summed E-state index contributed by atoms with van der Waals surface area (Å²) in [6.07, 6.45) is 5.32. The van der Waals surface area contributed by atoms with E-state index in [0.29, 0.717) is 98.3 Å². The summed E-state index contributed by atoms with van der Waals surface area (Å²) in [6.45, 7) is 4.62. The van der Waals surface area contributed by atoms with Crippen molar-refractivity contribution in [3.05, 3.63) is 75.2 Å². The van der Waals surface area contributed by atoms with Gasteiger partial charge in [0.25, 0.3) is 17.4 Å². The van der Waals surface area contributed by atoms with E-state index in [1.165, 1.54) is 16.5 Å². The Morgan fingerprint density at radius 3 is 2.47 bits per heavy atom. The molecule has 19 heteroatoms. The van der Waals surface area contributed by atoms with Gasteiger partial charge in [0.1, 0.15) is 16.8 Å². The summed E-state index contributed by atoms with van der Waals surface area (Å²) in [5.74, 6) is 0.443. The van der Waals surface area contributed by atoms with Crippen LogP contribution in [0.4, 0.5) is 17.5 Å². The maximum atomic E-state index is 12.9. The minimum Gasteiger partial charge on any atom is -0.493 e. The van der Waals surface area contributed by atoms with Crippen LogP contribution in [0.2, 0.25) is 5.02 Å². The van der Waals surface area contributed by atoms with Gasteiger partial charge < -0.3 is 48.7 Å². The lowest BCUT2D eigenvalue weighted by Crippen LogP contribution is -2.52. The Morgan fingerprint density at radius 1 is 0.919 bits per heavy atom. The molecule has 3 N–H and O–H groups in total. The summed E-state index contributed by atoms with van der Waals surface area (Å²) in [6, 6.07) is 11.8.